The Morgan fingerprint density at radius 2 is 1.82 bits per heavy atom. The molecule has 0 aliphatic heterocycles. The quantitative estimate of drug-likeness (QED) is 0.873. The van der Waals surface area contributed by atoms with Crippen LogP contribution in [0.3, 0.4) is 0 Å². The average Bonchev–Trinajstić information content (AvgIpc) is 2.33. The van der Waals surface area contributed by atoms with E-state index >= 15 is 0 Å². The zero-order chi connectivity index (χ0) is 12.3. The topological polar surface area (TPSA) is 48.1 Å². The summed E-state index contributed by atoms with van der Waals surface area (Å²) in [6, 6.07) is 11.5. The molecule has 0 saturated heterocycles. The SMILES string of the molecule is CC(C)c1ccc(Oc2ncccc2N)cc1. The van der Waals surface area contributed by atoms with Gasteiger partial charge in [0.05, 0.1) is 5.69 Å². The standard InChI is InChI=1S/C14H16N2O/c1-10(2)11-5-7-12(8-6-11)17-14-13(15)4-3-9-16-14/h3-10H,15H2,1-2H3. The van der Waals surface area contributed by atoms with Crippen LogP contribution in [0.25, 0.3) is 0 Å². The summed E-state index contributed by atoms with van der Waals surface area (Å²) in [5, 5.41) is 0. The van der Waals surface area contributed by atoms with Crippen molar-refractivity contribution < 1.29 is 4.74 Å². The van der Waals surface area contributed by atoms with Crippen molar-refractivity contribution in [3.05, 3.63) is 48.2 Å². The molecule has 0 fully saturated rings. The molecule has 88 valence electrons. The number of ether oxygens (including phenoxy) is 1. The Bertz CT molecular complexity index is 492. The van der Waals surface area contributed by atoms with Crippen LogP contribution in [0.5, 0.6) is 11.6 Å². The zero-order valence-corrected chi connectivity index (χ0v) is 10.1. The fourth-order valence-corrected chi connectivity index (χ4v) is 1.52. The summed E-state index contributed by atoms with van der Waals surface area (Å²) in [6.07, 6.45) is 1.66. The molecule has 2 aromatic rings. The van der Waals surface area contributed by atoms with Gasteiger partial charge in [-0.05, 0) is 35.7 Å². The first kappa shape index (κ1) is 11.5. The highest BCUT2D eigenvalue weighted by molar-refractivity contribution is 5.48. The van der Waals surface area contributed by atoms with Gasteiger partial charge in [0.25, 0.3) is 0 Å². The lowest BCUT2D eigenvalue weighted by Gasteiger charge is -2.09. The molecule has 0 atom stereocenters. The molecule has 0 radical (unpaired) electrons. The van der Waals surface area contributed by atoms with Crippen LogP contribution in [0.2, 0.25) is 0 Å². The Kier molecular flexibility index (Phi) is 3.28. The largest absolute Gasteiger partial charge is 0.437 e. The lowest BCUT2D eigenvalue weighted by atomic mass is 10.0. The fraction of sp³-hybridized carbons (Fsp3) is 0.214. The molecule has 0 amide bonds. The monoisotopic (exact) mass is 228 g/mol. The number of hydrogen-bond donors (Lipinski definition) is 1. The summed E-state index contributed by atoms with van der Waals surface area (Å²) in [5.74, 6) is 1.72. The number of anilines is 1. The van der Waals surface area contributed by atoms with E-state index in [0.29, 0.717) is 17.5 Å². The third-order valence-electron chi connectivity index (χ3n) is 2.56. The van der Waals surface area contributed by atoms with E-state index in [9.17, 15) is 0 Å². The Morgan fingerprint density at radius 1 is 1.12 bits per heavy atom. The van der Waals surface area contributed by atoms with Crippen molar-refractivity contribution in [1.29, 1.82) is 0 Å². The molecule has 1 aromatic heterocycles. The van der Waals surface area contributed by atoms with Crippen LogP contribution in [-0.2, 0) is 0 Å². The van der Waals surface area contributed by atoms with Gasteiger partial charge in [-0.25, -0.2) is 4.98 Å². The van der Waals surface area contributed by atoms with E-state index in [1.54, 1.807) is 18.3 Å². The minimum atomic E-state index is 0.449. The van der Waals surface area contributed by atoms with Gasteiger partial charge < -0.3 is 10.5 Å². The Hall–Kier alpha value is -2.03. The van der Waals surface area contributed by atoms with Gasteiger partial charge in [-0.2, -0.15) is 0 Å². The first-order valence-electron chi connectivity index (χ1n) is 5.65. The number of benzene rings is 1. The van der Waals surface area contributed by atoms with Gasteiger partial charge in [-0.1, -0.05) is 26.0 Å². The molecule has 1 aromatic carbocycles. The predicted octanol–water partition coefficient (Wildman–Crippen LogP) is 3.58. The molecule has 17 heavy (non-hydrogen) atoms. The van der Waals surface area contributed by atoms with Crippen LogP contribution < -0.4 is 10.5 Å². The fourth-order valence-electron chi connectivity index (χ4n) is 1.52. The third-order valence-corrected chi connectivity index (χ3v) is 2.56. The number of nitrogens with two attached hydrogens (primary N) is 1. The molecule has 1 heterocycles. The Balaban J connectivity index is 2.17. The summed E-state index contributed by atoms with van der Waals surface area (Å²) < 4.78 is 5.61. The summed E-state index contributed by atoms with van der Waals surface area (Å²) >= 11 is 0. The minimum Gasteiger partial charge on any atom is -0.437 e. The predicted molar refractivity (Wildman–Crippen MR) is 69.3 cm³/mol. The minimum absolute atomic E-state index is 0.449. The maximum Gasteiger partial charge on any atom is 0.242 e. The number of nitrogens with zero attached hydrogens (tertiary/aromatic N) is 1. The number of nitrogen functional groups attached to an aromatic ring is 1. The average molecular weight is 228 g/mol. The van der Waals surface area contributed by atoms with Gasteiger partial charge in [0.1, 0.15) is 5.75 Å². The van der Waals surface area contributed by atoms with Crippen LogP contribution >= 0.6 is 0 Å². The van der Waals surface area contributed by atoms with Crippen molar-refractivity contribution in [2.24, 2.45) is 0 Å². The molecule has 2 rings (SSSR count). The van der Waals surface area contributed by atoms with Crippen LogP contribution in [0.15, 0.2) is 42.6 Å². The molecule has 2 N–H and O–H groups in total. The molecule has 0 aliphatic rings. The first-order valence-corrected chi connectivity index (χ1v) is 5.65. The van der Waals surface area contributed by atoms with Crippen molar-refractivity contribution >= 4 is 5.69 Å². The molecule has 0 unspecified atom stereocenters. The lowest BCUT2D eigenvalue weighted by Crippen LogP contribution is -1.94. The van der Waals surface area contributed by atoms with E-state index in [1.165, 1.54) is 5.56 Å². The van der Waals surface area contributed by atoms with Gasteiger partial charge >= 0.3 is 0 Å². The van der Waals surface area contributed by atoms with E-state index in [-0.39, 0.29) is 0 Å². The van der Waals surface area contributed by atoms with Crippen LogP contribution in [0.1, 0.15) is 25.3 Å². The van der Waals surface area contributed by atoms with E-state index in [2.05, 4.69) is 31.0 Å². The van der Waals surface area contributed by atoms with Crippen molar-refractivity contribution in [3.63, 3.8) is 0 Å². The summed E-state index contributed by atoms with van der Waals surface area (Å²) in [5.41, 5.74) is 7.58. The van der Waals surface area contributed by atoms with E-state index in [4.69, 9.17) is 10.5 Å². The lowest BCUT2D eigenvalue weighted by molar-refractivity contribution is 0.465. The van der Waals surface area contributed by atoms with Crippen molar-refractivity contribution in [3.8, 4) is 11.6 Å². The molecular formula is C14H16N2O. The maximum absolute atomic E-state index is 5.76. The normalized spacial score (nSPS) is 10.5. The molecule has 3 heteroatoms. The van der Waals surface area contributed by atoms with Gasteiger partial charge in [0, 0.05) is 6.20 Å². The summed E-state index contributed by atoms with van der Waals surface area (Å²) in [4.78, 5) is 4.08. The first-order chi connectivity index (χ1) is 8.16. The molecular weight excluding hydrogens is 212 g/mol. The van der Waals surface area contributed by atoms with Crippen LogP contribution in [0, 0.1) is 0 Å². The number of aromatic nitrogens is 1. The zero-order valence-electron chi connectivity index (χ0n) is 10.1. The van der Waals surface area contributed by atoms with Gasteiger partial charge in [0.15, 0.2) is 0 Å². The third kappa shape index (κ3) is 2.75. The number of pyridine rings is 1. The summed E-state index contributed by atoms with van der Waals surface area (Å²) in [6.45, 7) is 4.32. The van der Waals surface area contributed by atoms with Crippen LogP contribution in [0.4, 0.5) is 5.69 Å². The van der Waals surface area contributed by atoms with Crippen molar-refractivity contribution in [2.45, 2.75) is 19.8 Å². The van der Waals surface area contributed by atoms with E-state index in [1.807, 2.05) is 12.1 Å². The molecule has 0 saturated carbocycles. The van der Waals surface area contributed by atoms with E-state index in [0.717, 1.165) is 5.75 Å². The molecule has 0 aliphatic carbocycles. The second-order valence-corrected chi connectivity index (χ2v) is 4.22. The molecule has 3 nitrogen and oxygen atoms in total. The van der Waals surface area contributed by atoms with Gasteiger partial charge in [0.2, 0.25) is 5.88 Å². The highest BCUT2D eigenvalue weighted by Crippen LogP contribution is 2.25. The Labute approximate surface area is 101 Å². The summed E-state index contributed by atoms with van der Waals surface area (Å²) in [7, 11) is 0. The van der Waals surface area contributed by atoms with Crippen LogP contribution in [-0.4, -0.2) is 4.98 Å². The second-order valence-electron chi connectivity index (χ2n) is 4.22. The highest BCUT2D eigenvalue weighted by atomic mass is 16.5. The highest BCUT2D eigenvalue weighted by Gasteiger charge is 2.03. The van der Waals surface area contributed by atoms with Gasteiger partial charge in [-0.15, -0.1) is 0 Å². The van der Waals surface area contributed by atoms with Gasteiger partial charge in [-0.3, -0.25) is 0 Å². The van der Waals surface area contributed by atoms with Crippen molar-refractivity contribution in [1.82, 2.24) is 4.98 Å². The maximum atomic E-state index is 5.76. The number of hydrogen-bond acceptors (Lipinski definition) is 3. The molecule has 0 bridgehead atoms. The smallest absolute Gasteiger partial charge is 0.242 e. The van der Waals surface area contributed by atoms with Crippen molar-refractivity contribution in [2.75, 3.05) is 5.73 Å². The van der Waals surface area contributed by atoms with E-state index < -0.39 is 0 Å². The molecule has 0 spiro atoms. The number of rotatable bonds is 3. The Morgan fingerprint density at radius 3 is 2.41 bits per heavy atom. The second kappa shape index (κ2) is 4.87.